The van der Waals surface area contributed by atoms with Crippen molar-refractivity contribution in [3.05, 3.63) is 58.5 Å². The third kappa shape index (κ3) is 2.96. The molecule has 1 amide bonds. The van der Waals surface area contributed by atoms with Gasteiger partial charge in [-0.05, 0) is 37.1 Å². The molecule has 3 aromatic rings. The van der Waals surface area contributed by atoms with E-state index in [0.29, 0.717) is 12.6 Å². The van der Waals surface area contributed by atoms with Crippen molar-refractivity contribution in [1.82, 2.24) is 14.9 Å². The summed E-state index contributed by atoms with van der Waals surface area (Å²) >= 11 is 0. The van der Waals surface area contributed by atoms with Crippen molar-refractivity contribution in [2.24, 2.45) is 7.05 Å². The van der Waals surface area contributed by atoms with E-state index in [9.17, 15) is 9.59 Å². The molecule has 1 N–H and O–H groups in total. The van der Waals surface area contributed by atoms with Gasteiger partial charge < -0.3 is 19.2 Å². The van der Waals surface area contributed by atoms with Gasteiger partial charge in [-0.1, -0.05) is 12.1 Å². The van der Waals surface area contributed by atoms with Crippen molar-refractivity contribution >= 4 is 23.0 Å². The van der Waals surface area contributed by atoms with Gasteiger partial charge in [-0.2, -0.15) is 4.98 Å². The minimum absolute atomic E-state index is 0.0968. The van der Waals surface area contributed by atoms with E-state index in [4.69, 9.17) is 4.42 Å². The Morgan fingerprint density at radius 2 is 2.15 bits per heavy atom. The third-order valence-electron chi connectivity index (χ3n) is 4.77. The number of aromatic nitrogens is 2. The number of nitrogens with one attached hydrogen (secondary N) is 1. The average molecular weight is 352 g/mol. The highest BCUT2D eigenvalue weighted by Crippen LogP contribution is 2.27. The number of anilines is 1. The molecule has 4 rings (SSSR count). The maximum Gasteiger partial charge on any atom is 0.298 e. The summed E-state index contributed by atoms with van der Waals surface area (Å²) in [4.78, 5) is 31.1. The molecule has 0 saturated carbocycles. The monoisotopic (exact) mass is 352 g/mol. The largest absolute Gasteiger partial charge is 0.423 e. The van der Waals surface area contributed by atoms with E-state index in [0.717, 1.165) is 30.5 Å². The number of benzene rings is 1. The Labute approximate surface area is 150 Å². The van der Waals surface area contributed by atoms with Gasteiger partial charge in [-0.3, -0.25) is 9.59 Å². The second-order valence-corrected chi connectivity index (χ2v) is 6.50. The number of oxazole rings is 1. The first-order chi connectivity index (χ1) is 12.6. The zero-order valence-corrected chi connectivity index (χ0v) is 14.5. The first-order valence-corrected chi connectivity index (χ1v) is 8.69. The highest BCUT2D eigenvalue weighted by Gasteiger charge is 2.29. The van der Waals surface area contributed by atoms with Crippen LogP contribution in [-0.2, 0) is 7.05 Å². The standard InChI is InChI=1S/C19H20N4O3/c1-22-10-5-7-14(18(22)25)17(24)20-12-13-6-4-11-23(13)19-21-15-8-2-3-9-16(15)26-19/h2-3,5,7-10,13H,4,6,11-12H2,1H3,(H,20,24)/t13-/m0/s1. The Hall–Kier alpha value is -3.09. The summed E-state index contributed by atoms with van der Waals surface area (Å²) in [6.07, 6.45) is 3.57. The van der Waals surface area contributed by atoms with Crippen molar-refractivity contribution in [1.29, 1.82) is 0 Å². The van der Waals surface area contributed by atoms with Gasteiger partial charge >= 0.3 is 0 Å². The van der Waals surface area contributed by atoms with Crippen molar-refractivity contribution in [3.8, 4) is 0 Å². The number of para-hydroxylation sites is 2. The van der Waals surface area contributed by atoms with Crippen LogP contribution in [0.1, 0.15) is 23.2 Å². The van der Waals surface area contributed by atoms with Gasteiger partial charge in [0.15, 0.2) is 5.58 Å². The molecule has 26 heavy (non-hydrogen) atoms. The maximum absolute atomic E-state index is 12.4. The molecule has 7 nitrogen and oxygen atoms in total. The summed E-state index contributed by atoms with van der Waals surface area (Å²) in [5.41, 5.74) is 1.43. The Morgan fingerprint density at radius 3 is 3.00 bits per heavy atom. The van der Waals surface area contributed by atoms with Crippen LogP contribution in [0.2, 0.25) is 0 Å². The Bertz CT molecular complexity index is 974. The lowest BCUT2D eigenvalue weighted by atomic mass is 10.2. The van der Waals surface area contributed by atoms with Gasteiger partial charge in [-0.15, -0.1) is 0 Å². The molecule has 2 aromatic heterocycles. The zero-order valence-electron chi connectivity index (χ0n) is 14.5. The number of fused-ring (bicyclic) bond motifs is 1. The highest BCUT2D eigenvalue weighted by atomic mass is 16.4. The Balaban J connectivity index is 1.48. The second kappa shape index (κ2) is 6.67. The summed E-state index contributed by atoms with van der Waals surface area (Å²) in [5, 5.41) is 2.88. The van der Waals surface area contributed by atoms with Crippen LogP contribution in [0, 0.1) is 0 Å². The fourth-order valence-corrected chi connectivity index (χ4v) is 3.36. The van der Waals surface area contributed by atoms with E-state index in [1.165, 1.54) is 4.57 Å². The Kier molecular flexibility index (Phi) is 4.20. The number of carbonyl (C=O) groups is 1. The van der Waals surface area contributed by atoms with Crippen molar-refractivity contribution in [2.75, 3.05) is 18.0 Å². The molecule has 0 aliphatic carbocycles. The topological polar surface area (TPSA) is 80.4 Å². The van der Waals surface area contributed by atoms with Crippen LogP contribution in [0.5, 0.6) is 0 Å². The van der Waals surface area contributed by atoms with Crippen LogP contribution in [0.3, 0.4) is 0 Å². The number of hydrogen-bond acceptors (Lipinski definition) is 5. The molecule has 134 valence electrons. The normalized spacial score (nSPS) is 17.0. The molecule has 3 heterocycles. The number of pyridine rings is 1. The van der Waals surface area contributed by atoms with Crippen molar-refractivity contribution in [3.63, 3.8) is 0 Å². The van der Waals surface area contributed by atoms with Gasteiger partial charge in [0, 0.05) is 26.3 Å². The molecule has 1 aliphatic heterocycles. The predicted octanol–water partition coefficient (Wildman–Crippen LogP) is 1.93. The molecule has 1 aromatic carbocycles. The van der Waals surface area contributed by atoms with Gasteiger partial charge in [0.2, 0.25) is 0 Å². The summed E-state index contributed by atoms with van der Waals surface area (Å²) in [7, 11) is 1.63. The zero-order chi connectivity index (χ0) is 18.1. The van der Waals surface area contributed by atoms with E-state index >= 15 is 0 Å². The summed E-state index contributed by atoms with van der Waals surface area (Å²) in [6, 6.07) is 11.6. The van der Waals surface area contributed by atoms with E-state index < -0.39 is 0 Å². The number of carbonyl (C=O) groups excluding carboxylic acids is 1. The summed E-state index contributed by atoms with van der Waals surface area (Å²) in [6.45, 7) is 1.27. The molecule has 0 unspecified atom stereocenters. The minimum Gasteiger partial charge on any atom is -0.423 e. The SMILES string of the molecule is Cn1cccc(C(=O)NC[C@@H]2CCCN2c2nc3ccccc3o2)c1=O. The van der Waals surface area contributed by atoms with Gasteiger partial charge in [0.25, 0.3) is 17.5 Å². The van der Waals surface area contributed by atoms with Gasteiger partial charge in [0.1, 0.15) is 11.1 Å². The van der Waals surface area contributed by atoms with Crippen LogP contribution in [-0.4, -0.2) is 34.6 Å². The third-order valence-corrected chi connectivity index (χ3v) is 4.77. The Morgan fingerprint density at radius 1 is 1.31 bits per heavy atom. The average Bonchev–Trinajstić information content (AvgIpc) is 3.27. The summed E-state index contributed by atoms with van der Waals surface area (Å²) in [5.74, 6) is -0.351. The number of rotatable bonds is 4. The number of nitrogens with zero attached hydrogens (tertiary/aromatic N) is 3. The van der Waals surface area contributed by atoms with Crippen molar-refractivity contribution in [2.45, 2.75) is 18.9 Å². The lowest BCUT2D eigenvalue weighted by molar-refractivity contribution is 0.0949. The molecule has 7 heteroatoms. The molecule has 1 fully saturated rings. The van der Waals surface area contributed by atoms with E-state index in [1.54, 1.807) is 25.4 Å². The fourth-order valence-electron chi connectivity index (χ4n) is 3.36. The van der Waals surface area contributed by atoms with Crippen LogP contribution < -0.4 is 15.8 Å². The molecule has 1 saturated heterocycles. The van der Waals surface area contributed by atoms with E-state index in [2.05, 4.69) is 15.2 Å². The predicted molar refractivity (Wildman–Crippen MR) is 98.4 cm³/mol. The first-order valence-electron chi connectivity index (χ1n) is 8.69. The quantitative estimate of drug-likeness (QED) is 0.776. The molecule has 0 radical (unpaired) electrons. The highest BCUT2D eigenvalue weighted by molar-refractivity contribution is 5.93. The number of aryl methyl sites for hydroxylation is 1. The summed E-state index contributed by atoms with van der Waals surface area (Å²) < 4.78 is 7.26. The van der Waals surface area contributed by atoms with E-state index in [1.807, 2.05) is 24.3 Å². The van der Waals surface area contributed by atoms with Crippen molar-refractivity contribution < 1.29 is 9.21 Å². The molecule has 1 atom stereocenters. The minimum atomic E-state index is -0.351. The molecule has 1 aliphatic rings. The number of amides is 1. The lowest BCUT2D eigenvalue weighted by Gasteiger charge is -2.23. The van der Waals surface area contributed by atoms with Crippen LogP contribution >= 0.6 is 0 Å². The van der Waals surface area contributed by atoms with Crippen LogP contribution in [0.4, 0.5) is 6.01 Å². The van der Waals surface area contributed by atoms with Gasteiger partial charge in [-0.25, -0.2) is 0 Å². The lowest BCUT2D eigenvalue weighted by Crippen LogP contribution is -2.42. The second-order valence-electron chi connectivity index (χ2n) is 6.50. The maximum atomic E-state index is 12.4. The molecule has 0 bridgehead atoms. The molecular formula is C19H20N4O3. The van der Waals surface area contributed by atoms with Crippen LogP contribution in [0.15, 0.2) is 51.8 Å². The van der Waals surface area contributed by atoms with Crippen LogP contribution in [0.25, 0.3) is 11.1 Å². The van der Waals surface area contributed by atoms with E-state index in [-0.39, 0.29) is 23.1 Å². The smallest absolute Gasteiger partial charge is 0.298 e. The first kappa shape index (κ1) is 16.4. The fraction of sp³-hybridized carbons (Fsp3) is 0.316. The number of hydrogen-bond donors (Lipinski definition) is 1. The molecule has 0 spiro atoms. The van der Waals surface area contributed by atoms with Gasteiger partial charge in [0.05, 0.1) is 6.04 Å². The molecular weight excluding hydrogens is 332 g/mol.